The zero-order valence-corrected chi connectivity index (χ0v) is 72.8. The molecule has 16 rings (SSSR count). The second-order valence-electron chi connectivity index (χ2n) is 36.6. The topological polar surface area (TPSA) is 303 Å². The Morgan fingerprint density at radius 3 is 1.01 bits per heavy atom. The van der Waals surface area contributed by atoms with Crippen LogP contribution in [0.15, 0.2) is 72.8 Å². The Morgan fingerprint density at radius 1 is 0.390 bits per heavy atom. The smallest absolute Gasteiger partial charge is 0.248 e. The summed E-state index contributed by atoms with van der Waals surface area (Å²) in [7, 11) is 0. The van der Waals surface area contributed by atoms with E-state index in [9.17, 15) is 74.9 Å². The van der Waals surface area contributed by atoms with Gasteiger partial charge in [-0.25, -0.2) is 26.3 Å². The number of nitrogens with one attached hydrogen (secondary N) is 4. The number of hydrogen-bond acceptors (Lipinski definition) is 16. The minimum atomic E-state index is -2.62. The first-order valence-electron chi connectivity index (χ1n) is 44.9. The highest BCUT2D eigenvalue weighted by Crippen LogP contribution is 2.66. The quantitative estimate of drug-likeness (QED) is 0.0253. The molecule has 4 heterocycles. The average Bonchev–Trinajstić information content (AvgIpc) is 1.62. The maximum Gasteiger partial charge on any atom is 0.248 e. The number of hydrogen-bond donors (Lipinski definition) is 8. The van der Waals surface area contributed by atoms with E-state index in [1.165, 1.54) is 24.5 Å². The minimum absolute atomic E-state index is 0.0159. The molecule has 12 fully saturated rings. The van der Waals surface area contributed by atoms with Crippen LogP contribution in [-0.4, -0.2) is 245 Å². The zero-order valence-electron chi connectivity index (χ0n) is 72.5. The maximum absolute atomic E-state index is 13.4. The number of halogens is 9. The highest BCUT2D eigenvalue weighted by Gasteiger charge is 2.63. The number of carbonyl (C=O) groups is 8. The van der Waals surface area contributed by atoms with E-state index in [2.05, 4.69) is 61.9 Å². The van der Waals surface area contributed by atoms with Crippen LogP contribution in [-0.2, 0) is 64.5 Å². The van der Waals surface area contributed by atoms with Crippen molar-refractivity contribution in [2.45, 2.75) is 192 Å². The fourth-order valence-corrected chi connectivity index (χ4v) is 19.9. The van der Waals surface area contributed by atoms with Crippen LogP contribution in [0.5, 0.6) is 11.5 Å². The molecular weight excluding hydrogens is 1660 g/mol. The van der Waals surface area contributed by atoms with Gasteiger partial charge in [0.2, 0.25) is 65.0 Å². The molecule has 3 spiro atoms. The van der Waals surface area contributed by atoms with Crippen LogP contribution in [0.1, 0.15) is 179 Å². The highest BCUT2D eigenvalue weighted by molar-refractivity contribution is 6.31. The molecule has 33 heteroatoms. The predicted molar refractivity (Wildman–Crippen MR) is 457 cm³/mol. The SMILES string of the molecule is CCC1(CC)CC1C(=O)NCC(=O)N1CCN(Cc2cc(Cl)ccc2O)CC1.Nc1ccc(C2CC2)cc1CN1CCN(C(=O)CNC(=O)C2CC23CCC(F)(F)CC3)CC1.O=C(NCC(=O)N1CCN(Cc2cc(Cl)ccc2O)CC1)C1CC12CCC(F)(F)CC2.[2H]C([2H])(c1cc(Cl)ccc1N)N1CCN(C(=O)CNC(=O)C2CC23CCC(F)(F)CC3)CC1. The van der Waals surface area contributed by atoms with Crippen LogP contribution < -0.4 is 32.7 Å². The summed E-state index contributed by atoms with van der Waals surface area (Å²) in [5.74, 6) is -8.39. The van der Waals surface area contributed by atoms with Crippen LogP contribution in [0.4, 0.5) is 37.7 Å². The Kier molecular flexibility index (Phi) is 28.6. The first-order valence-corrected chi connectivity index (χ1v) is 45.0. The fourth-order valence-electron chi connectivity index (χ4n) is 19.3. The molecule has 4 aliphatic heterocycles. The number of piperazine rings is 4. The van der Waals surface area contributed by atoms with E-state index in [1.54, 1.807) is 73.0 Å². The lowest BCUT2D eigenvalue weighted by Crippen LogP contribution is -2.51. The van der Waals surface area contributed by atoms with Gasteiger partial charge in [0.25, 0.3) is 0 Å². The maximum atomic E-state index is 13.4. The van der Waals surface area contributed by atoms with Crippen LogP contribution >= 0.6 is 34.8 Å². The van der Waals surface area contributed by atoms with Crippen molar-refractivity contribution in [3.05, 3.63) is 116 Å². The summed E-state index contributed by atoms with van der Waals surface area (Å²) in [6.07, 6.45) is 8.83. The number of carbonyl (C=O) groups excluding carboxylic acids is 8. The number of benzene rings is 4. The van der Waals surface area contributed by atoms with E-state index in [0.29, 0.717) is 182 Å². The Morgan fingerprint density at radius 2 is 0.683 bits per heavy atom. The number of alkyl halides is 6. The molecule has 24 nitrogen and oxygen atoms in total. The number of aromatic hydroxyl groups is 2. The Balaban J connectivity index is 0.000000143. The second-order valence-corrected chi connectivity index (χ2v) is 37.9. The lowest BCUT2D eigenvalue weighted by molar-refractivity contribution is -0.135. The average molecular weight is 1780 g/mol. The standard InChI is InChI=1S/C25H34F2N4O2.C22H29ClF2N4O2.C22H28ClF2N3O3.C21H30ClN3O3/c26-25(27)7-5-24(6-8-25)14-20(24)23(33)29-15-22(32)31-11-9-30(10-12-31)16-19-13-18(17-1-2-17)3-4-21(19)28;23-16-1-2-18(26)15(11-16)14-28-7-9-29(10-8-28)19(30)13-27-20(31)17-12-21(17)3-5-22(24,25)6-4-21;23-16-1-2-18(29)15(11-16)14-27-7-9-28(10-8-27)19(30)13-26-20(31)17-12-21(17)3-5-22(24,25)6-4-21;1-3-21(4-2)12-17(21)20(28)23-13-19(27)25-9-7-24(8-10-25)14-15-11-16(22)5-6-18(15)26/h3-4,13,17,20H,1-2,5-12,14-16,28H2,(H,29,33);1-2,11,17H,3-10,12-14,26H2,(H,27,31);1-2,11,17,29H,3-10,12-14H2,(H,26,31);5-6,11,17,26H,3-4,7-10,12-14H2,1-2H3,(H,23,28)/i;14D2;;. The van der Waals surface area contributed by atoms with Crippen LogP contribution in [0.25, 0.3) is 0 Å². The second kappa shape index (κ2) is 39.2. The van der Waals surface area contributed by atoms with E-state index in [0.717, 1.165) is 74.4 Å². The van der Waals surface area contributed by atoms with Gasteiger partial charge in [-0.1, -0.05) is 60.8 Å². The molecule has 8 amide bonds. The van der Waals surface area contributed by atoms with E-state index < -0.39 is 24.3 Å². The third-order valence-corrected chi connectivity index (χ3v) is 29.3. The first-order chi connectivity index (χ1) is 59.2. The van der Waals surface area contributed by atoms with Crippen LogP contribution in [0, 0.1) is 45.3 Å². The van der Waals surface area contributed by atoms with E-state index >= 15 is 0 Å². The first kappa shape index (κ1) is 89.9. The normalized spacial score (nSPS) is 24.7. The van der Waals surface area contributed by atoms with Crippen molar-refractivity contribution in [1.82, 2.24) is 60.5 Å². The number of anilines is 2. The number of nitrogens with zero attached hydrogens (tertiary/aromatic N) is 8. The number of phenols is 2. The molecule has 123 heavy (non-hydrogen) atoms. The molecule has 4 unspecified atom stereocenters. The summed E-state index contributed by atoms with van der Waals surface area (Å²) >= 11 is 18.0. The van der Waals surface area contributed by atoms with Gasteiger partial charge >= 0.3 is 0 Å². The molecular formula is C90H121Cl3F6N14O10. The molecule has 8 aliphatic carbocycles. The van der Waals surface area contributed by atoms with Gasteiger partial charge in [0.05, 0.1) is 26.2 Å². The molecule has 0 bridgehead atoms. The van der Waals surface area contributed by atoms with E-state index in [4.69, 9.17) is 49.0 Å². The Bertz CT molecular complexity index is 4550. The predicted octanol–water partition coefficient (Wildman–Crippen LogP) is 11.7. The van der Waals surface area contributed by atoms with Crippen molar-refractivity contribution in [2.24, 2.45) is 45.3 Å². The van der Waals surface area contributed by atoms with Crippen molar-refractivity contribution >= 4 is 93.4 Å². The summed E-state index contributed by atoms with van der Waals surface area (Å²) in [6.45, 7) is 13.3. The minimum Gasteiger partial charge on any atom is -0.508 e. The van der Waals surface area contributed by atoms with Gasteiger partial charge in [-0.15, -0.1) is 0 Å². The van der Waals surface area contributed by atoms with Gasteiger partial charge in [0.1, 0.15) is 11.5 Å². The molecule has 4 aromatic carbocycles. The summed E-state index contributed by atoms with van der Waals surface area (Å²) in [5.41, 5.74) is 17.0. The van der Waals surface area contributed by atoms with Crippen LogP contribution in [0.3, 0.4) is 0 Å². The van der Waals surface area contributed by atoms with Gasteiger partial charge in [-0.2, -0.15) is 0 Å². The molecule has 4 saturated heterocycles. The summed E-state index contributed by atoms with van der Waals surface area (Å²) in [4.78, 5) is 115. The number of rotatable bonds is 23. The van der Waals surface area contributed by atoms with Crippen molar-refractivity contribution in [2.75, 3.05) is 142 Å². The number of nitrogen functional groups attached to an aromatic ring is 2. The Hall–Kier alpha value is -7.87. The lowest BCUT2D eigenvalue weighted by atomic mass is 9.82. The molecule has 0 aromatic heterocycles. The molecule has 10 N–H and O–H groups in total. The van der Waals surface area contributed by atoms with Gasteiger partial charge in [0, 0.05) is 233 Å². The summed E-state index contributed by atoms with van der Waals surface area (Å²) in [5, 5.41) is 32.5. The molecule has 8 saturated carbocycles. The lowest BCUT2D eigenvalue weighted by Gasteiger charge is -2.35. The molecule has 4 atom stereocenters. The third kappa shape index (κ3) is 24.3. The van der Waals surface area contributed by atoms with Gasteiger partial charge in [0.15, 0.2) is 0 Å². The number of phenolic OH excluding ortho intramolecular Hbond substituents is 2. The zero-order chi connectivity index (χ0) is 89.8. The molecule has 4 aromatic rings. The van der Waals surface area contributed by atoms with Crippen LogP contribution in [0.2, 0.25) is 15.1 Å². The Labute approximate surface area is 734 Å². The molecule has 674 valence electrons. The molecule has 12 aliphatic rings. The van der Waals surface area contributed by atoms with Crippen molar-refractivity contribution in [1.29, 1.82) is 0 Å². The van der Waals surface area contributed by atoms with Crippen molar-refractivity contribution in [3.63, 3.8) is 0 Å². The van der Waals surface area contributed by atoms with Crippen molar-refractivity contribution < 1.29 is 77.7 Å². The largest absolute Gasteiger partial charge is 0.508 e. The summed E-state index contributed by atoms with van der Waals surface area (Å²) in [6, 6.07) is 21.1. The number of nitrogens with two attached hydrogens (primary N) is 2. The summed E-state index contributed by atoms with van der Waals surface area (Å²) < 4.78 is 97.5. The fraction of sp³-hybridized carbons (Fsp3) is 0.644. The highest BCUT2D eigenvalue weighted by atomic mass is 35.5. The van der Waals surface area contributed by atoms with Gasteiger partial charge in [-0.3, -0.25) is 58.0 Å². The monoisotopic (exact) mass is 1780 g/mol. The third-order valence-electron chi connectivity index (χ3n) is 28.6. The van der Waals surface area contributed by atoms with Crippen molar-refractivity contribution in [3.8, 4) is 11.5 Å². The molecule has 0 radical (unpaired) electrons. The van der Waals surface area contributed by atoms with E-state index in [1.807, 2.05) is 6.07 Å². The van der Waals surface area contributed by atoms with Gasteiger partial charge in [-0.05, 0) is 195 Å². The van der Waals surface area contributed by atoms with E-state index in [-0.39, 0.29) is 169 Å². The van der Waals surface area contributed by atoms with Gasteiger partial charge < -0.3 is 62.5 Å². The number of amides is 8.